The first-order valence-electron chi connectivity index (χ1n) is 19.7. The zero-order valence-corrected chi connectivity index (χ0v) is 37.1. The largest absolute Gasteiger partial charge is 0.477 e. The number of nitrogens with zero attached hydrogens (tertiary/aromatic N) is 6. The van der Waals surface area contributed by atoms with E-state index in [1.807, 2.05) is 9.80 Å². The second kappa shape index (κ2) is 19.3. The monoisotopic (exact) mass is 962 g/mol. The fourth-order valence-electron chi connectivity index (χ4n) is 8.59. The Hall–Kier alpha value is -5.26. The molecule has 0 spiro atoms. The Morgan fingerprint density at radius 1 is 0.646 bits per heavy atom. The van der Waals surface area contributed by atoms with E-state index < -0.39 is 54.7 Å². The summed E-state index contributed by atoms with van der Waals surface area (Å²) in [6, 6.07) is 1.35. The number of aromatic nitrogens is 4. The Morgan fingerprint density at radius 2 is 0.954 bits per heavy atom. The van der Waals surface area contributed by atoms with Crippen LogP contribution in [0.1, 0.15) is 82.5 Å². The number of hydrogen-bond donors (Lipinski definition) is 6. The van der Waals surface area contributed by atoms with Gasteiger partial charge >= 0.3 is 11.9 Å². The molecule has 4 aromatic heterocycles. The molecule has 4 unspecified atom stereocenters. The van der Waals surface area contributed by atoms with Gasteiger partial charge < -0.3 is 56.2 Å². The van der Waals surface area contributed by atoms with Crippen molar-refractivity contribution in [1.82, 2.24) is 29.7 Å². The Bertz CT molecular complexity index is 2660. The maximum absolute atomic E-state index is 15.1. The van der Waals surface area contributed by atoms with E-state index in [0.29, 0.717) is 49.0 Å². The minimum atomic E-state index is -3.67. The zero-order chi connectivity index (χ0) is 45.3. The lowest BCUT2D eigenvalue weighted by atomic mass is 10.1. The van der Waals surface area contributed by atoms with Gasteiger partial charge in [-0.25, -0.2) is 28.3 Å². The standard InChI is InChI=1S/2C18H19FN4O3.2CH4O3S.3H2O/c2*1-8-13-15(24)12(18(25)26)7-23(10-2-3-10)16(13)21-17(14(8)19)22-6-9-4-11(22)5-20-9;2*1-5(2,3)4;;;/h2*7,9-11,20H,2-6H2,1H3,(H,25,26);2*1H3,(H,2,3,4);3*1H2. The van der Waals surface area contributed by atoms with Crippen molar-refractivity contribution in [1.29, 1.82) is 0 Å². The summed E-state index contributed by atoms with van der Waals surface area (Å²) in [7, 11) is -7.33. The van der Waals surface area contributed by atoms with Gasteiger partial charge in [-0.1, -0.05) is 0 Å². The van der Waals surface area contributed by atoms with Crippen LogP contribution in [0.3, 0.4) is 0 Å². The van der Waals surface area contributed by atoms with Crippen LogP contribution in [0.5, 0.6) is 0 Å². The number of anilines is 2. The number of rotatable bonds is 6. The van der Waals surface area contributed by atoms with Crippen molar-refractivity contribution >= 4 is 65.9 Å². The Balaban J connectivity index is 0.000000227. The van der Waals surface area contributed by atoms with Crippen LogP contribution >= 0.6 is 0 Å². The highest BCUT2D eigenvalue weighted by Gasteiger charge is 2.42. The van der Waals surface area contributed by atoms with Crippen molar-refractivity contribution in [2.24, 2.45) is 0 Å². The summed E-state index contributed by atoms with van der Waals surface area (Å²) in [5.74, 6) is -3.07. The summed E-state index contributed by atoms with van der Waals surface area (Å²) < 4.78 is 85.5. The number of aryl methyl sites for hydroxylation is 2. The van der Waals surface area contributed by atoms with E-state index in [-0.39, 0.29) is 85.3 Å². The summed E-state index contributed by atoms with van der Waals surface area (Å²) in [4.78, 5) is 61.4. The van der Waals surface area contributed by atoms with E-state index in [0.717, 1.165) is 51.6 Å². The van der Waals surface area contributed by atoms with E-state index in [1.54, 1.807) is 23.0 Å². The molecule has 2 saturated carbocycles. The number of piperazine rings is 2. The number of carboxylic acids is 2. The third kappa shape index (κ3) is 11.1. The molecular weight excluding hydrogens is 911 g/mol. The molecule has 4 atom stereocenters. The number of carbonyl (C=O) groups is 2. The van der Waals surface area contributed by atoms with E-state index in [2.05, 4.69) is 20.6 Å². The molecule has 6 aliphatic rings. The molecule has 4 bridgehead atoms. The van der Waals surface area contributed by atoms with Crippen molar-refractivity contribution in [2.75, 3.05) is 48.5 Å². The average molecular weight is 963 g/mol. The summed E-state index contributed by atoms with van der Waals surface area (Å²) in [6.45, 7) is 6.08. The predicted octanol–water partition coefficient (Wildman–Crippen LogP) is -0.611. The van der Waals surface area contributed by atoms with Crippen molar-refractivity contribution in [2.45, 2.75) is 88.6 Å². The first kappa shape index (κ1) is 52.4. The van der Waals surface area contributed by atoms with Crippen LogP contribution in [0.4, 0.5) is 20.4 Å². The topological polar surface area (TPSA) is 378 Å². The fourth-order valence-corrected chi connectivity index (χ4v) is 8.59. The normalized spacial score (nSPS) is 21.5. The van der Waals surface area contributed by atoms with Crippen LogP contribution in [0, 0.1) is 25.5 Å². The van der Waals surface area contributed by atoms with E-state index in [4.69, 9.17) is 9.11 Å². The highest BCUT2D eigenvalue weighted by atomic mass is 32.2. The van der Waals surface area contributed by atoms with Crippen molar-refractivity contribution < 1.29 is 71.0 Å². The molecule has 360 valence electrons. The van der Waals surface area contributed by atoms with Gasteiger partial charge in [-0.05, 0) is 52.4 Å². The predicted molar refractivity (Wildman–Crippen MR) is 233 cm³/mol. The SMILES string of the molecule is CS(=O)(=O)O.CS(=O)(=O)O.Cc1c(F)c(N2CC3CC2CN3)nc2c1c(=O)c(C(=O)O)cn2C1CC1.Cc1c(F)c(N2CC3CC2CN3)nc2c1c(=O)c(C(=O)O)cn2C1CC1.O.O.O. The number of carboxylic acid groups (broad SMARTS) is 2. The summed E-state index contributed by atoms with van der Waals surface area (Å²) in [5, 5.41) is 25.7. The second-order valence-corrected chi connectivity index (χ2v) is 19.5. The van der Waals surface area contributed by atoms with Gasteiger partial charge in [0.15, 0.2) is 23.3 Å². The number of nitrogens with one attached hydrogen (secondary N) is 2. The molecule has 8 heterocycles. The maximum atomic E-state index is 15.1. The van der Waals surface area contributed by atoms with Gasteiger partial charge in [0.1, 0.15) is 22.4 Å². The summed E-state index contributed by atoms with van der Waals surface area (Å²) in [5.41, 5.74) is -0.823. The molecule has 4 saturated heterocycles. The lowest BCUT2D eigenvalue weighted by molar-refractivity contribution is 0.0684. The number of hydrogen-bond acceptors (Lipinski definition) is 14. The quantitative estimate of drug-likeness (QED) is 0.131. The maximum Gasteiger partial charge on any atom is 0.341 e. The van der Waals surface area contributed by atoms with Crippen molar-refractivity contribution in [3.05, 3.63) is 66.7 Å². The van der Waals surface area contributed by atoms with Crippen LogP contribution < -0.4 is 31.3 Å². The van der Waals surface area contributed by atoms with Gasteiger partial charge in [0, 0.05) is 86.0 Å². The van der Waals surface area contributed by atoms with Crippen molar-refractivity contribution in [3.8, 4) is 0 Å². The van der Waals surface area contributed by atoms with Gasteiger partial charge in [0.25, 0.3) is 20.2 Å². The second-order valence-electron chi connectivity index (χ2n) is 16.5. The Morgan fingerprint density at radius 3 is 1.18 bits per heavy atom. The molecule has 0 aromatic carbocycles. The molecular formula is C38H52F2N8O15S2. The third-order valence-electron chi connectivity index (χ3n) is 11.6. The lowest BCUT2D eigenvalue weighted by Crippen LogP contribution is -2.44. The lowest BCUT2D eigenvalue weighted by Gasteiger charge is -2.29. The molecule has 2 aliphatic carbocycles. The minimum absolute atomic E-state index is 0. The molecule has 65 heavy (non-hydrogen) atoms. The highest BCUT2D eigenvalue weighted by Crippen LogP contribution is 2.40. The smallest absolute Gasteiger partial charge is 0.341 e. The van der Waals surface area contributed by atoms with Gasteiger partial charge in [-0.3, -0.25) is 18.7 Å². The Kier molecular flexibility index (Phi) is 15.5. The first-order valence-corrected chi connectivity index (χ1v) is 23.4. The molecule has 27 heteroatoms. The van der Waals surface area contributed by atoms with E-state index in [9.17, 15) is 46.2 Å². The van der Waals surface area contributed by atoms with E-state index >= 15 is 8.78 Å². The molecule has 10 rings (SSSR count). The highest BCUT2D eigenvalue weighted by molar-refractivity contribution is 7.85. The number of aromatic carboxylic acids is 2. The summed E-state index contributed by atoms with van der Waals surface area (Å²) >= 11 is 0. The number of halogens is 2. The molecule has 12 N–H and O–H groups in total. The van der Waals surface area contributed by atoms with Crippen LogP contribution in [-0.2, 0) is 20.2 Å². The van der Waals surface area contributed by atoms with Crippen LogP contribution in [0.15, 0.2) is 22.0 Å². The number of fused-ring (bicyclic) bond motifs is 6. The van der Waals surface area contributed by atoms with Crippen molar-refractivity contribution in [3.63, 3.8) is 0 Å². The molecule has 4 aromatic rings. The zero-order valence-electron chi connectivity index (χ0n) is 35.5. The van der Waals surface area contributed by atoms with E-state index in [1.165, 1.54) is 12.4 Å². The molecule has 0 radical (unpaired) electrons. The van der Waals surface area contributed by atoms with Crippen LogP contribution in [0.2, 0.25) is 0 Å². The molecule has 6 fully saturated rings. The molecule has 0 amide bonds. The van der Waals surface area contributed by atoms with Gasteiger partial charge in [0.05, 0.1) is 23.3 Å². The average Bonchev–Trinajstić information content (AvgIpc) is 4.01. The van der Waals surface area contributed by atoms with Gasteiger partial charge in [-0.2, -0.15) is 16.8 Å². The minimum Gasteiger partial charge on any atom is -0.477 e. The Labute approximate surface area is 369 Å². The summed E-state index contributed by atoms with van der Waals surface area (Å²) in [6.07, 6.45) is 9.72. The fraction of sp³-hybridized carbons (Fsp3) is 0.526. The van der Waals surface area contributed by atoms with Gasteiger partial charge in [0.2, 0.25) is 10.9 Å². The molecule has 23 nitrogen and oxygen atoms in total. The first-order chi connectivity index (χ1) is 28.9. The van der Waals surface area contributed by atoms with Crippen LogP contribution in [-0.4, -0.2) is 146 Å². The molecule has 4 aliphatic heterocycles. The number of pyridine rings is 4. The van der Waals surface area contributed by atoms with Gasteiger partial charge in [-0.15, -0.1) is 0 Å². The van der Waals surface area contributed by atoms with Crippen LogP contribution in [0.25, 0.3) is 22.1 Å². The third-order valence-corrected chi connectivity index (χ3v) is 11.6.